The lowest BCUT2D eigenvalue weighted by Gasteiger charge is -2.29. The predicted octanol–water partition coefficient (Wildman–Crippen LogP) is 2.59. The maximum absolute atomic E-state index is 5.39. The molecule has 1 N–H and O–H groups in total. The van der Waals surface area contributed by atoms with Gasteiger partial charge in [0.15, 0.2) is 0 Å². The number of ether oxygens (including phenoxy) is 1. The van der Waals surface area contributed by atoms with E-state index in [1.807, 2.05) is 19.1 Å². The number of nitrogens with one attached hydrogen (secondary N) is 1. The Bertz CT molecular complexity index is 597. The minimum absolute atomic E-state index is 0.566. The van der Waals surface area contributed by atoms with Crippen LogP contribution in [0, 0.1) is 6.92 Å². The zero-order valence-corrected chi connectivity index (χ0v) is 13.4. The lowest BCUT2D eigenvalue weighted by Crippen LogP contribution is -2.37. The Morgan fingerprint density at radius 2 is 2.14 bits per heavy atom. The van der Waals surface area contributed by atoms with Crippen LogP contribution >= 0.6 is 15.9 Å². The van der Waals surface area contributed by atoms with Crippen molar-refractivity contribution in [3.63, 3.8) is 0 Å². The number of halogens is 1. The van der Waals surface area contributed by atoms with Gasteiger partial charge in [-0.3, -0.25) is 0 Å². The van der Waals surface area contributed by atoms with Gasteiger partial charge in [-0.2, -0.15) is 4.98 Å². The second-order valence-electron chi connectivity index (χ2n) is 4.80. The molecule has 1 saturated heterocycles. The molecule has 0 bridgehead atoms. The van der Waals surface area contributed by atoms with Crippen molar-refractivity contribution in [3.05, 3.63) is 34.3 Å². The first-order valence-corrected chi connectivity index (χ1v) is 7.66. The van der Waals surface area contributed by atoms with Crippen molar-refractivity contribution in [1.82, 2.24) is 9.97 Å². The molecule has 1 aliphatic heterocycles. The van der Waals surface area contributed by atoms with Crippen LogP contribution in [0.3, 0.4) is 0 Å². The number of aromatic nitrogens is 2. The third kappa shape index (κ3) is 3.36. The Kier molecular flexibility index (Phi) is 4.40. The molecule has 0 amide bonds. The molecule has 3 heterocycles. The normalized spacial score (nSPS) is 15.2. The average Bonchev–Trinajstić information content (AvgIpc) is 3.02. The number of aryl methyl sites for hydroxylation is 1. The molecule has 1 aliphatic rings. The van der Waals surface area contributed by atoms with E-state index in [4.69, 9.17) is 9.15 Å². The van der Waals surface area contributed by atoms with Gasteiger partial charge in [0.05, 0.1) is 36.2 Å². The van der Waals surface area contributed by atoms with E-state index in [0.29, 0.717) is 12.5 Å². The fourth-order valence-corrected chi connectivity index (χ4v) is 2.62. The maximum atomic E-state index is 5.39. The number of nitrogens with zero attached hydrogens (tertiary/aromatic N) is 3. The van der Waals surface area contributed by atoms with Crippen molar-refractivity contribution in [3.8, 4) is 0 Å². The third-order valence-electron chi connectivity index (χ3n) is 3.31. The molecular formula is C14H17BrN4O2. The monoisotopic (exact) mass is 352 g/mol. The van der Waals surface area contributed by atoms with Crippen LogP contribution < -0.4 is 10.2 Å². The zero-order valence-electron chi connectivity index (χ0n) is 11.8. The summed E-state index contributed by atoms with van der Waals surface area (Å²) >= 11 is 3.59. The maximum Gasteiger partial charge on any atom is 0.225 e. The first kappa shape index (κ1) is 14.3. The van der Waals surface area contributed by atoms with Crippen molar-refractivity contribution in [2.45, 2.75) is 13.5 Å². The van der Waals surface area contributed by atoms with E-state index in [1.54, 1.807) is 6.26 Å². The molecule has 0 spiro atoms. The molecule has 0 radical (unpaired) electrons. The van der Waals surface area contributed by atoms with Crippen LogP contribution in [-0.2, 0) is 11.3 Å². The third-order valence-corrected chi connectivity index (χ3v) is 4.24. The first-order valence-electron chi connectivity index (χ1n) is 6.87. The van der Waals surface area contributed by atoms with Crippen LogP contribution in [0.25, 0.3) is 0 Å². The van der Waals surface area contributed by atoms with Gasteiger partial charge < -0.3 is 19.4 Å². The summed E-state index contributed by atoms with van der Waals surface area (Å²) < 4.78 is 11.6. The number of morpholine rings is 1. The molecular weight excluding hydrogens is 336 g/mol. The van der Waals surface area contributed by atoms with E-state index < -0.39 is 0 Å². The summed E-state index contributed by atoms with van der Waals surface area (Å²) in [4.78, 5) is 11.3. The second kappa shape index (κ2) is 6.44. The van der Waals surface area contributed by atoms with Crippen LogP contribution in [0.2, 0.25) is 0 Å². The number of hydrogen-bond acceptors (Lipinski definition) is 6. The summed E-state index contributed by atoms with van der Waals surface area (Å²) in [7, 11) is 0. The van der Waals surface area contributed by atoms with Gasteiger partial charge in [-0.1, -0.05) is 0 Å². The van der Waals surface area contributed by atoms with E-state index >= 15 is 0 Å². The lowest BCUT2D eigenvalue weighted by molar-refractivity contribution is 0.122. The number of hydrogen-bond donors (Lipinski definition) is 1. The lowest BCUT2D eigenvalue weighted by atomic mass is 10.3. The molecule has 0 aliphatic carbocycles. The zero-order chi connectivity index (χ0) is 14.7. The SMILES string of the molecule is Cc1nc(NCc2ccco2)nc(N2CCOCC2)c1Br. The van der Waals surface area contributed by atoms with Crippen LogP contribution in [0.15, 0.2) is 27.3 Å². The molecule has 2 aromatic heterocycles. The molecule has 112 valence electrons. The molecule has 3 rings (SSSR count). The molecule has 0 saturated carbocycles. The standard InChI is InChI=1S/C14H17BrN4O2/c1-10-12(15)13(19-4-7-20-8-5-19)18-14(17-10)16-9-11-3-2-6-21-11/h2-3,6H,4-5,7-9H2,1H3,(H,16,17,18). The molecule has 7 heteroatoms. The molecule has 0 unspecified atom stereocenters. The van der Waals surface area contributed by atoms with Crippen LogP contribution in [0.5, 0.6) is 0 Å². The fourth-order valence-electron chi connectivity index (χ4n) is 2.19. The Hall–Kier alpha value is -1.60. The van der Waals surface area contributed by atoms with Gasteiger partial charge in [-0.05, 0) is 35.0 Å². The molecule has 6 nitrogen and oxygen atoms in total. The van der Waals surface area contributed by atoms with Gasteiger partial charge in [-0.15, -0.1) is 0 Å². The minimum Gasteiger partial charge on any atom is -0.467 e. The summed E-state index contributed by atoms with van der Waals surface area (Å²) in [5.74, 6) is 2.37. The Labute approximate surface area is 131 Å². The van der Waals surface area contributed by atoms with E-state index in [0.717, 1.165) is 48.0 Å². The predicted molar refractivity (Wildman–Crippen MR) is 83.5 cm³/mol. The van der Waals surface area contributed by atoms with Gasteiger partial charge in [0.25, 0.3) is 0 Å². The Morgan fingerprint density at radius 1 is 1.33 bits per heavy atom. The van der Waals surface area contributed by atoms with Gasteiger partial charge >= 0.3 is 0 Å². The van der Waals surface area contributed by atoms with Gasteiger partial charge in [-0.25, -0.2) is 4.98 Å². The van der Waals surface area contributed by atoms with E-state index in [1.165, 1.54) is 0 Å². The smallest absolute Gasteiger partial charge is 0.225 e. The summed E-state index contributed by atoms with van der Waals surface area (Å²) in [6.45, 7) is 5.67. The van der Waals surface area contributed by atoms with Crippen molar-refractivity contribution in [1.29, 1.82) is 0 Å². The van der Waals surface area contributed by atoms with Crippen molar-refractivity contribution in [2.24, 2.45) is 0 Å². The largest absolute Gasteiger partial charge is 0.467 e. The van der Waals surface area contributed by atoms with Gasteiger partial charge in [0.2, 0.25) is 5.95 Å². The first-order chi connectivity index (χ1) is 10.2. The van der Waals surface area contributed by atoms with E-state index in [2.05, 4.69) is 36.1 Å². The number of rotatable bonds is 4. The highest BCUT2D eigenvalue weighted by atomic mass is 79.9. The van der Waals surface area contributed by atoms with Crippen molar-refractivity contribution in [2.75, 3.05) is 36.5 Å². The van der Waals surface area contributed by atoms with Crippen molar-refractivity contribution >= 4 is 27.7 Å². The second-order valence-corrected chi connectivity index (χ2v) is 5.60. The average molecular weight is 353 g/mol. The highest BCUT2D eigenvalue weighted by Crippen LogP contribution is 2.28. The molecule has 1 fully saturated rings. The fraction of sp³-hybridized carbons (Fsp3) is 0.429. The summed E-state index contributed by atoms with van der Waals surface area (Å²) in [5, 5.41) is 3.20. The quantitative estimate of drug-likeness (QED) is 0.912. The number of anilines is 2. The molecule has 21 heavy (non-hydrogen) atoms. The molecule has 0 atom stereocenters. The Balaban J connectivity index is 1.79. The van der Waals surface area contributed by atoms with E-state index in [9.17, 15) is 0 Å². The summed E-state index contributed by atoms with van der Waals surface area (Å²) in [6.07, 6.45) is 1.66. The van der Waals surface area contributed by atoms with Crippen molar-refractivity contribution < 1.29 is 9.15 Å². The van der Waals surface area contributed by atoms with Crippen LogP contribution in [0.1, 0.15) is 11.5 Å². The highest BCUT2D eigenvalue weighted by Gasteiger charge is 2.18. The van der Waals surface area contributed by atoms with Crippen LogP contribution in [-0.4, -0.2) is 36.3 Å². The summed E-state index contributed by atoms with van der Waals surface area (Å²) in [5.41, 5.74) is 0.911. The molecule has 0 aromatic carbocycles. The van der Waals surface area contributed by atoms with Crippen LogP contribution in [0.4, 0.5) is 11.8 Å². The topological polar surface area (TPSA) is 63.4 Å². The Morgan fingerprint density at radius 3 is 2.86 bits per heavy atom. The van der Waals surface area contributed by atoms with Gasteiger partial charge in [0.1, 0.15) is 11.6 Å². The molecule has 2 aromatic rings. The highest BCUT2D eigenvalue weighted by molar-refractivity contribution is 9.10. The summed E-state index contributed by atoms with van der Waals surface area (Å²) in [6, 6.07) is 3.78. The van der Waals surface area contributed by atoms with E-state index in [-0.39, 0.29) is 0 Å². The van der Waals surface area contributed by atoms with Gasteiger partial charge in [0, 0.05) is 13.1 Å². The minimum atomic E-state index is 0.566. The number of furan rings is 1.